The van der Waals surface area contributed by atoms with Crippen molar-refractivity contribution in [3.63, 3.8) is 0 Å². The number of hydrogen-bond donors (Lipinski definition) is 2. The average Bonchev–Trinajstić information content (AvgIpc) is 2.70. The predicted octanol–water partition coefficient (Wildman–Crippen LogP) is 2.43. The first-order valence-electron chi connectivity index (χ1n) is 4.81. The highest BCUT2D eigenvalue weighted by molar-refractivity contribution is 5.20. The van der Waals surface area contributed by atoms with E-state index in [1.165, 1.54) is 12.1 Å². The molecule has 2 aromatic rings. The van der Waals surface area contributed by atoms with Crippen molar-refractivity contribution in [3.8, 4) is 0 Å². The van der Waals surface area contributed by atoms with Crippen LogP contribution in [0.5, 0.6) is 0 Å². The highest BCUT2D eigenvalue weighted by Crippen LogP contribution is 2.17. The maximum Gasteiger partial charge on any atom is 0.123 e. The fourth-order valence-electron chi connectivity index (χ4n) is 1.55. The molecule has 0 fully saturated rings. The Balaban J connectivity index is 2.09. The Morgan fingerprint density at radius 3 is 2.87 bits per heavy atom. The van der Waals surface area contributed by atoms with Gasteiger partial charge in [-0.25, -0.2) is 4.39 Å². The minimum absolute atomic E-state index is 0.270. The Morgan fingerprint density at radius 1 is 1.33 bits per heavy atom. The maximum absolute atomic E-state index is 12.9. The van der Waals surface area contributed by atoms with Crippen molar-refractivity contribution in [2.45, 2.75) is 12.5 Å². The van der Waals surface area contributed by atoms with Gasteiger partial charge in [0.2, 0.25) is 0 Å². The summed E-state index contributed by atoms with van der Waals surface area (Å²) < 4.78 is 12.9. The second-order valence-electron chi connectivity index (χ2n) is 3.49. The molecule has 2 rings (SSSR count). The van der Waals surface area contributed by atoms with Gasteiger partial charge >= 0.3 is 0 Å². The standard InChI is InChI=1S/C12H12FNO/c13-11-3-1-2-9(6-11)7-12(15)10-4-5-14-8-10/h1-6,8,12,14-15H,7H2. The average molecular weight is 205 g/mol. The van der Waals surface area contributed by atoms with Gasteiger partial charge in [-0.1, -0.05) is 12.1 Å². The number of aliphatic hydroxyl groups is 1. The number of rotatable bonds is 3. The summed E-state index contributed by atoms with van der Waals surface area (Å²) in [6.45, 7) is 0. The lowest BCUT2D eigenvalue weighted by Crippen LogP contribution is -2.00. The van der Waals surface area contributed by atoms with Gasteiger partial charge in [-0.05, 0) is 29.3 Å². The Hall–Kier alpha value is -1.61. The van der Waals surface area contributed by atoms with Crippen LogP contribution in [-0.2, 0) is 6.42 Å². The van der Waals surface area contributed by atoms with Gasteiger partial charge in [0.05, 0.1) is 6.10 Å². The van der Waals surface area contributed by atoms with E-state index in [2.05, 4.69) is 4.98 Å². The Bertz CT molecular complexity index is 425. The molecule has 1 unspecified atom stereocenters. The molecule has 3 heteroatoms. The normalized spacial score (nSPS) is 12.7. The molecule has 0 aliphatic heterocycles. The molecular weight excluding hydrogens is 193 g/mol. The predicted molar refractivity (Wildman–Crippen MR) is 55.9 cm³/mol. The van der Waals surface area contributed by atoms with E-state index < -0.39 is 6.10 Å². The van der Waals surface area contributed by atoms with Crippen molar-refractivity contribution in [2.75, 3.05) is 0 Å². The van der Waals surface area contributed by atoms with Gasteiger partial charge in [-0.2, -0.15) is 0 Å². The molecule has 0 spiro atoms. The quantitative estimate of drug-likeness (QED) is 0.793. The summed E-state index contributed by atoms with van der Waals surface area (Å²) in [6, 6.07) is 8.10. The van der Waals surface area contributed by atoms with Crippen LogP contribution < -0.4 is 0 Å². The minimum atomic E-state index is -0.585. The van der Waals surface area contributed by atoms with Crippen LogP contribution in [0.15, 0.2) is 42.7 Å². The summed E-state index contributed by atoms with van der Waals surface area (Å²) in [5.74, 6) is -0.270. The second kappa shape index (κ2) is 4.28. The maximum atomic E-state index is 12.9. The first-order valence-corrected chi connectivity index (χ1v) is 4.81. The van der Waals surface area contributed by atoms with E-state index in [0.717, 1.165) is 11.1 Å². The van der Waals surface area contributed by atoms with E-state index in [9.17, 15) is 9.50 Å². The van der Waals surface area contributed by atoms with Crippen LogP contribution in [-0.4, -0.2) is 10.1 Å². The first kappa shape index (κ1) is 9.93. The molecule has 1 aromatic heterocycles. The van der Waals surface area contributed by atoms with Crippen LogP contribution in [0.25, 0.3) is 0 Å². The highest BCUT2D eigenvalue weighted by atomic mass is 19.1. The van der Waals surface area contributed by atoms with Crippen molar-refractivity contribution >= 4 is 0 Å². The summed E-state index contributed by atoms with van der Waals surface area (Å²) in [5, 5.41) is 9.81. The van der Waals surface area contributed by atoms with Crippen LogP contribution in [0.1, 0.15) is 17.2 Å². The molecule has 0 bridgehead atoms. The molecule has 1 atom stereocenters. The SMILES string of the molecule is OC(Cc1cccc(F)c1)c1cc[nH]c1. The molecule has 0 saturated carbocycles. The second-order valence-corrected chi connectivity index (χ2v) is 3.49. The molecule has 0 amide bonds. The number of halogens is 1. The number of aliphatic hydroxyl groups excluding tert-OH is 1. The van der Waals surface area contributed by atoms with E-state index in [1.54, 1.807) is 24.5 Å². The number of aromatic nitrogens is 1. The smallest absolute Gasteiger partial charge is 0.123 e. The number of benzene rings is 1. The molecule has 1 heterocycles. The minimum Gasteiger partial charge on any atom is -0.388 e. The third-order valence-electron chi connectivity index (χ3n) is 2.32. The zero-order chi connectivity index (χ0) is 10.7. The van der Waals surface area contributed by atoms with Crippen LogP contribution in [0, 0.1) is 5.82 Å². The lowest BCUT2D eigenvalue weighted by molar-refractivity contribution is 0.178. The Morgan fingerprint density at radius 2 is 2.20 bits per heavy atom. The van der Waals surface area contributed by atoms with E-state index in [-0.39, 0.29) is 5.82 Å². The van der Waals surface area contributed by atoms with Crippen molar-refractivity contribution in [1.29, 1.82) is 0 Å². The zero-order valence-electron chi connectivity index (χ0n) is 8.15. The van der Waals surface area contributed by atoms with Gasteiger partial charge in [-0.15, -0.1) is 0 Å². The largest absolute Gasteiger partial charge is 0.388 e. The molecular formula is C12H12FNO. The summed E-state index contributed by atoms with van der Waals surface area (Å²) in [4.78, 5) is 2.87. The molecule has 2 nitrogen and oxygen atoms in total. The fraction of sp³-hybridized carbons (Fsp3) is 0.167. The van der Waals surface area contributed by atoms with Crippen LogP contribution in [0.4, 0.5) is 4.39 Å². The van der Waals surface area contributed by atoms with Crippen molar-refractivity contribution in [2.24, 2.45) is 0 Å². The van der Waals surface area contributed by atoms with E-state index in [1.807, 2.05) is 6.07 Å². The molecule has 0 aliphatic rings. The molecule has 0 saturated heterocycles. The number of nitrogens with one attached hydrogen (secondary N) is 1. The Labute approximate surface area is 87.4 Å². The van der Waals surface area contributed by atoms with Crippen LogP contribution in [0.2, 0.25) is 0 Å². The third-order valence-corrected chi connectivity index (χ3v) is 2.32. The van der Waals surface area contributed by atoms with Gasteiger partial charge in [0, 0.05) is 18.8 Å². The number of hydrogen-bond acceptors (Lipinski definition) is 1. The van der Waals surface area contributed by atoms with Crippen LogP contribution in [0.3, 0.4) is 0 Å². The number of H-pyrrole nitrogens is 1. The highest BCUT2D eigenvalue weighted by Gasteiger charge is 2.08. The molecule has 1 aromatic carbocycles. The van der Waals surface area contributed by atoms with Gasteiger partial charge in [0.15, 0.2) is 0 Å². The zero-order valence-corrected chi connectivity index (χ0v) is 8.15. The molecule has 0 radical (unpaired) electrons. The number of aromatic amines is 1. The van der Waals surface area contributed by atoms with Crippen molar-refractivity contribution < 1.29 is 9.50 Å². The van der Waals surface area contributed by atoms with Gasteiger partial charge in [0.1, 0.15) is 5.82 Å². The lowest BCUT2D eigenvalue weighted by Gasteiger charge is -2.08. The molecule has 15 heavy (non-hydrogen) atoms. The van der Waals surface area contributed by atoms with Gasteiger partial charge in [-0.3, -0.25) is 0 Å². The van der Waals surface area contributed by atoms with Crippen molar-refractivity contribution in [1.82, 2.24) is 4.98 Å². The first-order chi connectivity index (χ1) is 7.25. The summed E-state index contributed by atoms with van der Waals surface area (Å²) in [5.41, 5.74) is 1.61. The summed E-state index contributed by atoms with van der Waals surface area (Å²) in [7, 11) is 0. The van der Waals surface area contributed by atoms with Gasteiger partial charge < -0.3 is 10.1 Å². The molecule has 0 aliphatic carbocycles. The van der Waals surface area contributed by atoms with Crippen molar-refractivity contribution in [3.05, 3.63) is 59.7 Å². The summed E-state index contributed by atoms with van der Waals surface area (Å²) >= 11 is 0. The monoisotopic (exact) mass is 205 g/mol. The lowest BCUT2D eigenvalue weighted by atomic mass is 10.0. The van der Waals surface area contributed by atoms with E-state index >= 15 is 0 Å². The molecule has 78 valence electrons. The summed E-state index contributed by atoms with van der Waals surface area (Å²) in [6.07, 6.45) is 3.34. The Kier molecular flexibility index (Phi) is 2.83. The van der Waals surface area contributed by atoms with E-state index in [4.69, 9.17) is 0 Å². The molecule has 2 N–H and O–H groups in total. The third kappa shape index (κ3) is 2.44. The fourth-order valence-corrected chi connectivity index (χ4v) is 1.55. The van der Waals surface area contributed by atoms with E-state index in [0.29, 0.717) is 6.42 Å². The van der Waals surface area contributed by atoms with Crippen LogP contribution >= 0.6 is 0 Å². The topological polar surface area (TPSA) is 36.0 Å². The van der Waals surface area contributed by atoms with Gasteiger partial charge in [0.25, 0.3) is 0 Å².